The van der Waals surface area contributed by atoms with Crippen molar-refractivity contribution < 1.29 is 0 Å². The third kappa shape index (κ3) is 1.85. The summed E-state index contributed by atoms with van der Waals surface area (Å²) >= 11 is 0. The second kappa shape index (κ2) is 4.26. The standard InChI is InChI=1S/C9H17N3/c1-3-12-5-4-9(11-2)8(6-10)7-12/h6H,3-5,7,10H2,1-2H3/b8-6-,11-9?. The Morgan fingerprint density at radius 3 is 2.92 bits per heavy atom. The van der Waals surface area contributed by atoms with Crippen molar-refractivity contribution in [2.24, 2.45) is 10.7 Å². The first-order chi connectivity index (χ1) is 5.81. The molecule has 0 aromatic rings. The number of hydrogen-bond acceptors (Lipinski definition) is 3. The number of piperidine rings is 1. The molecule has 0 saturated carbocycles. The minimum atomic E-state index is 0.958. The van der Waals surface area contributed by atoms with Gasteiger partial charge in [-0.25, -0.2) is 0 Å². The van der Waals surface area contributed by atoms with Gasteiger partial charge in [-0.05, 0) is 6.54 Å². The lowest BCUT2D eigenvalue weighted by molar-refractivity contribution is 0.314. The van der Waals surface area contributed by atoms with Crippen LogP contribution in [-0.4, -0.2) is 37.3 Å². The van der Waals surface area contributed by atoms with Gasteiger partial charge in [-0.3, -0.25) is 9.89 Å². The fourth-order valence-electron chi connectivity index (χ4n) is 1.51. The van der Waals surface area contributed by atoms with Crippen LogP contribution in [0.3, 0.4) is 0 Å². The third-order valence-corrected chi connectivity index (χ3v) is 2.35. The maximum atomic E-state index is 5.52. The Balaban J connectivity index is 2.67. The highest BCUT2D eigenvalue weighted by molar-refractivity contribution is 6.01. The van der Waals surface area contributed by atoms with Gasteiger partial charge in [0.15, 0.2) is 0 Å². The molecule has 1 fully saturated rings. The molecule has 1 saturated heterocycles. The molecular formula is C9H17N3. The quantitative estimate of drug-likeness (QED) is 0.622. The van der Waals surface area contributed by atoms with E-state index < -0.39 is 0 Å². The van der Waals surface area contributed by atoms with E-state index in [1.807, 2.05) is 7.05 Å². The lowest BCUT2D eigenvalue weighted by Gasteiger charge is -2.27. The number of hydrogen-bond donors (Lipinski definition) is 1. The lowest BCUT2D eigenvalue weighted by atomic mass is 10.0. The van der Waals surface area contributed by atoms with Crippen LogP contribution < -0.4 is 5.73 Å². The van der Waals surface area contributed by atoms with Crippen molar-refractivity contribution in [3.8, 4) is 0 Å². The molecule has 1 heterocycles. The van der Waals surface area contributed by atoms with E-state index >= 15 is 0 Å². The molecule has 0 radical (unpaired) electrons. The molecule has 1 rings (SSSR count). The Kier molecular flexibility index (Phi) is 3.29. The number of likely N-dealkylation sites (N-methyl/N-ethyl adjacent to an activating group) is 1. The van der Waals surface area contributed by atoms with Crippen molar-refractivity contribution in [1.29, 1.82) is 0 Å². The van der Waals surface area contributed by atoms with Crippen molar-refractivity contribution >= 4 is 5.71 Å². The van der Waals surface area contributed by atoms with Crippen LogP contribution in [0.2, 0.25) is 0 Å². The van der Waals surface area contributed by atoms with E-state index in [1.165, 1.54) is 11.3 Å². The summed E-state index contributed by atoms with van der Waals surface area (Å²) in [5.41, 5.74) is 7.87. The molecule has 1 aliphatic rings. The van der Waals surface area contributed by atoms with Crippen LogP contribution in [0.1, 0.15) is 13.3 Å². The van der Waals surface area contributed by atoms with Gasteiger partial charge in [0.25, 0.3) is 0 Å². The second-order valence-electron chi connectivity index (χ2n) is 2.98. The fraction of sp³-hybridized carbons (Fsp3) is 0.667. The monoisotopic (exact) mass is 167 g/mol. The van der Waals surface area contributed by atoms with Gasteiger partial charge >= 0.3 is 0 Å². The maximum Gasteiger partial charge on any atom is 0.0416 e. The van der Waals surface area contributed by atoms with Crippen LogP contribution in [0.4, 0.5) is 0 Å². The van der Waals surface area contributed by atoms with Gasteiger partial charge in [-0.2, -0.15) is 0 Å². The van der Waals surface area contributed by atoms with E-state index in [9.17, 15) is 0 Å². The summed E-state index contributed by atoms with van der Waals surface area (Å²) in [5, 5.41) is 0. The van der Waals surface area contributed by atoms with E-state index in [1.54, 1.807) is 6.20 Å². The van der Waals surface area contributed by atoms with Gasteiger partial charge < -0.3 is 5.73 Å². The molecule has 3 heteroatoms. The van der Waals surface area contributed by atoms with E-state index in [-0.39, 0.29) is 0 Å². The van der Waals surface area contributed by atoms with Crippen LogP contribution in [0.25, 0.3) is 0 Å². The number of aliphatic imine (C=N–C) groups is 1. The number of nitrogens with two attached hydrogens (primary N) is 1. The van der Waals surface area contributed by atoms with Crippen LogP contribution >= 0.6 is 0 Å². The summed E-state index contributed by atoms with van der Waals surface area (Å²) in [4.78, 5) is 6.58. The van der Waals surface area contributed by atoms with Crippen LogP contribution in [-0.2, 0) is 0 Å². The minimum absolute atomic E-state index is 0.958. The first-order valence-electron chi connectivity index (χ1n) is 4.41. The van der Waals surface area contributed by atoms with Gasteiger partial charge in [-0.15, -0.1) is 0 Å². The Labute approximate surface area is 74.0 Å². The summed E-state index contributed by atoms with van der Waals surface area (Å²) in [6, 6.07) is 0. The van der Waals surface area contributed by atoms with Crippen LogP contribution in [0.5, 0.6) is 0 Å². The van der Waals surface area contributed by atoms with E-state index in [0.717, 1.165) is 26.1 Å². The molecule has 0 aromatic heterocycles. The molecule has 0 unspecified atom stereocenters. The highest BCUT2D eigenvalue weighted by atomic mass is 15.1. The first kappa shape index (κ1) is 9.26. The Bertz CT molecular complexity index is 206. The van der Waals surface area contributed by atoms with Crippen molar-refractivity contribution in [3.05, 3.63) is 11.8 Å². The molecule has 0 aliphatic carbocycles. The number of nitrogens with zero attached hydrogens (tertiary/aromatic N) is 2. The van der Waals surface area contributed by atoms with Gasteiger partial charge in [0.2, 0.25) is 0 Å². The zero-order chi connectivity index (χ0) is 8.97. The van der Waals surface area contributed by atoms with E-state index in [0.29, 0.717) is 0 Å². The Morgan fingerprint density at radius 2 is 2.42 bits per heavy atom. The zero-order valence-corrected chi connectivity index (χ0v) is 7.88. The molecule has 68 valence electrons. The van der Waals surface area contributed by atoms with E-state index in [4.69, 9.17) is 5.73 Å². The van der Waals surface area contributed by atoms with Gasteiger partial charge in [0.05, 0.1) is 0 Å². The minimum Gasteiger partial charge on any atom is -0.404 e. The number of rotatable bonds is 1. The highest BCUT2D eigenvalue weighted by Gasteiger charge is 2.17. The molecule has 2 N–H and O–H groups in total. The molecule has 3 nitrogen and oxygen atoms in total. The predicted molar refractivity (Wildman–Crippen MR) is 52.4 cm³/mol. The van der Waals surface area contributed by atoms with Crippen molar-refractivity contribution in [2.75, 3.05) is 26.7 Å². The second-order valence-corrected chi connectivity index (χ2v) is 2.98. The molecular weight excluding hydrogens is 150 g/mol. The molecule has 12 heavy (non-hydrogen) atoms. The summed E-state index contributed by atoms with van der Waals surface area (Å²) in [6.07, 6.45) is 2.72. The third-order valence-electron chi connectivity index (χ3n) is 2.35. The lowest BCUT2D eigenvalue weighted by Crippen LogP contribution is -2.36. The van der Waals surface area contributed by atoms with Gasteiger partial charge in [0.1, 0.15) is 0 Å². The van der Waals surface area contributed by atoms with E-state index in [2.05, 4.69) is 16.8 Å². The molecule has 0 spiro atoms. The maximum absolute atomic E-state index is 5.52. The summed E-state index contributed by atoms with van der Waals surface area (Å²) in [6.45, 7) is 5.33. The Morgan fingerprint density at radius 1 is 1.67 bits per heavy atom. The molecule has 0 aromatic carbocycles. The average molecular weight is 167 g/mol. The molecule has 0 bridgehead atoms. The molecule has 0 atom stereocenters. The Hall–Kier alpha value is -0.830. The van der Waals surface area contributed by atoms with Crippen molar-refractivity contribution in [2.45, 2.75) is 13.3 Å². The highest BCUT2D eigenvalue weighted by Crippen LogP contribution is 2.11. The smallest absolute Gasteiger partial charge is 0.0416 e. The summed E-state index contributed by atoms with van der Waals surface area (Å²) in [7, 11) is 1.83. The number of likely N-dealkylation sites (tertiary alicyclic amines) is 1. The topological polar surface area (TPSA) is 41.6 Å². The summed E-state index contributed by atoms with van der Waals surface area (Å²) in [5.74, 6) is 0. The zero-order valence-electron chi connectivity index (χ0n) is 7.88. The van der Waals surface area contributed by atoms with Crippen molar-refractivity contribution in [3.63, 3.8) is 0 Å². The van der Waals surface area contributed by atoms with Crippen LogP contribution in [0.15, 0.2) is 16.8 Å². The molecule has 0 amide bonds. The fourth-order valence-corrected chi connectivity index (χ4v) is 1.51. The largest absolute Gasteiger partial charge is 0.404 e. The average Bonchev–Trinajstić information content (AvgIpc) is 2.16. The normalized spacial score (nSPS) is 26.8. The first-order valence-corrected chi connectivity index (χ1v) is 4.41. The van der Waals surface area contributed by atoms with Gasteiger partial charge in [-0.1, -0.05) is 6.92 Å². The predicted octanol–water partition coefficient (Wildman–Crippen LogP) is 0.625. The molecule has 1 aliphatic heterocycles. The van der Waals surface area contributed by atoms with Crippen LogP contribution in [0, 0.1) is 0 Å². The van der Waals surface area contributed by atoms with Crippen molar-refractivity contribution in [1.82, 2.24) is 4.90 Å². The summed E-state index contributed by atoms with van der Waals surface area (Å²) < 4.78 is 0. The SMILES string of the molecule is CCN1CCC(=NC)/C(=C\N)C1. The van der Waals surface area contributed by atoms with Gasteiger partial charge in [0, 0.05) is 44.0 Å².